The molecule has 0 spiro atoms. The SMILES string of the molecule is CCCCCCCCCCCCCCC(C(=O)[O-])[N+]1(C)CCc2cc(OC)c3cc2C1Cc1ccc(cc1)Oc1cc(ccc1OC)CC1c2c(cc(OC)cc2O3)CC[N+]1(C)C(CCCCCCCCCCCCCC)C(=O)[O-]. The number of nitrogens with zero attached hydrogens (tertiary/aromatic N) is 2. The van der Waals surface area contributed by atoms with Crippen molar-refractivity contribution >= 4 is 11.9 Å². The van der Waals surface area contributed by atoms with Crippen molar-refractivity contribution < 1.29 is 52.5 Å². The molecule has 80 heavy (non-hydrogen) atoms. The molecule has 6 bridgehead atoms. The molecular formula is C69H100N2O9. The number of rotatable bonds is 33. The maximum Gasteiger partial charge on any atom is 0.169 e. The van der Waals surface area contributed by atoms with Gasteiger partial charge in [-0.25, -0.2) is 0 Å². The van der Waals surface area contributed by atoms with Crippen molar-refractivity contribution in [3.05, 3.63) is 100 Å². The minimum atomic E-state index is -1.03. The fourth-order valence-corrected chi connectivity index (χ4v) is 13.8. The van der Waals surface area contributed by atoms with Crippen LogP contribution >= 0.6 is 0 Å². The van der Waals surface area contributed by atoms with E-state index in [1.807, 2.05) is 30.3 Å². The monoisotopic (exact) mass is 1100 g/mol. The van der Waals surface area contributed by atoms with Crippen molar-refractivity contribution in [3.8, 4) is 40.2 Å². The number of quaternary nitrogens is 2. The molecule has 11 nitrogen and oxygen atoms in total. The average Bonchev–Trinajstić information content (AvgIpc) is 3.46. The largest absolute Gasteiger partial charge is 0.544 e. The highest BCUT2D eigenvalue weighted by Gasteiger charge is 2.48. The number of carboxylic acids is 2. The molecule has 0 fully saturated rings. The molecule has 11 heteroatoms. The number of methoxy groups -OCH3 is 3. The van der Waals surface area contributed by atoms with Gasteiger partial charge in [0, 0.05) is 50.2 Å². The lowest BCUT2D eigenvalue weighted by molar-refractivity contribution is -0.958. The van der Waals surface area contributed by atoms with Crippen molar-refractivity contribution in [3.63, 3.8) is 0 Å². The van der Waals surface area contributed by atoms with Crippen LogP contribution in [-0.2, 0) is 35.3 Å². The van der Waals surface area contributed by atoms with Crippen LogP contribution in [0.4, 0.5) is 0 Å². The van der Waals surface area contributed by atoms with Gasteiger partial charge < -0.3 is 52.5 Å². The van der Waals surface area contributed by atoms with Crippen LogP contribution in [0, 0.1) is 0 Å². The van der Waals surface area contributed by atoms with Crippen LogP contribution in [0.3, 0.4) is 0 Å². The zero-order valence-electron chi connectivity index (χ0n) is 50.4. The summed E-state index contributed by atoms with van der Waals surface area (Å²) in [5.41, 5.74) is 6.09. The number of ether oxygens (including phenoxy) is 5. The number of unbranched alkanes of at least 4 members (excludes halogenated alkanes) is 22. The number of fused-ring (bicyclic) bond motifs is 2. The van der Waals surface area contributed by atoms with E-state index in [0.29, 0.717) is 91.9 Å². The van der Waals surface area contributed by atoms with Crippen molar-refractivity contribution in [2.45, 2.75) is 231 Å². The van der Waals surface area contributed by atoms with E-state index in [0.717, 1.165) is 71.9 Å². The smallest absolute Gasteiger partial charge is 0.169 e. The molecule has 4 aliphatic rings. The molecule has 0 amide bonds. The third-order valence-corrected chi connectivity index (χ3v) is 18.8. The van der Waals surface area contributed by atoms with Crippen molar-refractivity contribution in [2.24, 2.45) is 0 Å². The Kier molecular flexibility index (Phi) is 24.4. The second-order valence-corrected chi connectivity index (χ2v) is 24.3. The van der Waals surface area contributed by atoms with Gasteiger partial charge in [0.15, 0.2) is 23.0 Å². The molecule has 0 saturated heterocycles. The van der Waals surface area contributed by atoms with Gasteiger partial charge in [-0.05, 0) is 77.6 Å². The maximum atomic E-state index is 13.8. The van der Waals surface area contributed by atoms with Crippen LogP contribution in [0.2, 0.25) is 0 Å². The van der Waals surface area contributed by atoms with E-state index >= 15 is 0 Å². The highest BCUT2D eigenvalue weighted by Crippen LogP contribution is 2.51. The van der Waals surface area contributed by atoms with Crippen LogP contribution in [0.1, 0.15) is 226 Å². The number of likely N-dealkylation sites (N-methyl/N-ethyl adjacent to an activating group) is 2. The second kappa shape index (κ2) is 31.2. The summed E-state index contributed by atoms with van der Waals surface area (Å²) >= 11 is 0. The zero-order valence-corrected chi connectivity index (χ0v) is 50.4. The van der Waals surface area contributed by atoms with Gasteiger partial charge in [0.1, 0.15) is 41.4 Å². The average molecular weight is 1100 g/mol. The van der Waals surface area contributed by atoms with Gasteiger partial charge in [-0.1, -0.05) is 173 Å². The summed E-state index contributed by atoms with van der Waals surface area (Å²) in [5.74, 6) is 2.03. The van der Waals surface area contributed by atoms with E-state index in [1.165, 1.54) is 116 Å². The normalized spacial score (nSPS) is 20.1. The quantitative estimate of drug-likeness (QED) is 0.0338. The lowest BCUT2D eigenvalue weighted by atomic mass is 9.83. The molecule has 6 atom stereocenters. The molecule has 4 aromatic carbocycles. The first-order valence-electron chi connectivity index (χ1n) is 31.5. The first kappa shape index (κ1) is 62.3. The molecule has 0 N–H and O–H groups in total. The topological polar surface area (TPSA) is 126 Å². The third-order valence-electron chi connectivity index (χ3n) is 18.8. The number of hydrogen-bond acceptors (Lipinski definition) is 9. The first-order chi connectivity index (χ1) is 38.9. The fraction of sp³-hybridized carbons (Fsp3) is 0.623. The van der Waals surface area contributed by atoms with Gasteiger partial charge in [-0.2, -0.15) is 0 Å². The summed E-state index contributed by atoms with van der Waals surface area (Å²) in [4.78, 5) is 27.4. The van der Waals surface area contributed by atoms with Gasteiger partial charge in [0.05, 0.1) is 66.0 Å². The van der Waals surface area contributed by atoms with E-state index in [1.54, 1.807) is 21.3 Å². The predicted molar refractivity (Wildman–Crippen MR) is 317 cm³/mol. The first-order valence-corrected chi connectivity index (χ1v) is 31.5. The second-order valence-electron chi connectivity index (χ2n) is 24.3. The molecule has 4 aromatic rings. The van der Waals surface area contributed by atoms with E-state index < -0.39 is 24.0 Å². The summed E-state index contributed by atoms with van der Waals surface area (Å²) in [6.07, 6.45) is 32.3. The predicted octanol–water partition coefficient (Wildman–Crippen LogP) is 14.6. The highest BCUT2D eigenvalue weighted by molar-refractivity contribution is 5.70. The van der Waals surface area contributed by atoms with E-state index in [2.05, 4.69) is 64.3 Å². The Morgan fingerprint density at radius 2 is 0.963 bits per heavy atom. The zero-order chi connectivity index (χ0) is 56.9. The van der Waals surface area contributed by atoms with E-state index in [-0.39, 0.29) is 21.0 Å². The molecular weight excluding hydrogens is 1000 g/mol. The van der Waals surface area contributed by atoms with Crippen molar-refractivity contribution in [1.29, 1.82) is 0 Å². The summed E-state index contributed by atoms with van der Waals surface area (Å²) in [7, 11) is 9.19. The molecule has 8 rings (SSSR count). The Bertz CT molecular complexity index is 2560. The van der Waals surface area contributed by atoms with E-state index in [9.17, 15) is 19.8 Å². The summed E-state index contributed by atoms with van der Waals surface area (Å²) in [5, 5.41) is 27.4. The lowest BCUT2D eigenvalue weighted by Gasteiger charge is -2.51. The number of benzene rings is 4. The molecule has 0 aromatic heterocycles. The van der Waals surface area contributed by atoms with Gasteiger partial charge in [0.25, 0.3) is 0 Å². The number of hydrogen-bond donors (Lipinski definition) is 0. The van der Waals surface area contributed by atoms with Crippen molar-refractivity contribution in [2.75, 3.05) is 48.5 Å². The van der Waals surface area contributed by atoms with Crippen LogP contribution in [0.25, 0.3) is 0 Å². The molecule has 4 heterocycles. The summed E-state index contributed by atoms with van der Waals surface area (Å²) < 4.78 is 32.6. The Morgan fingerprint density at radius 1 is 0.500 bits per heavy atom. The Morgan fingerprint density at radius 3 is 1.46 bits per heavy atom. The maximum absolute atomic E-state index is 13.8. The molecule has 4 aliphatic heterocycles. The minimum Gasteiger partial charge on any atom is -0.544 e. The molecule has 0 saturated carbocycles. The number of carbonyl (C=O) groups is 2. The minimum absolute atomic E-state index is 0.225. The van der Waals surface area contributed by atoms with Crippen LogP contribution in [0.15, 0.2) is 66.7 Å². The van der Waals surface area contributed by atoms with Gasteiger partial charge >= 0.3 is 0 Å². The molecule has 0 radical (unpaired) electrons. The van der Waals surface area contributed by atoms with Crippen LogP contribution in [-0.4, -0.2) is 81.5 Å². The van der Waals surface area contributed by atoms with Gasteiger partial charge in [-0.15, -0.1) is 0 Å². The Labute approximate surface area is 481 Å². The lowest BCUT2D eigenvalue weighted by Crippen LogP contribution is -2.63. The molecule has 0 aliphatic carbocycles. The van der Waals surface area contributed by atoms with Gasteiger partial charge in [0.2, 0.25) is 0 Å². The van der Waals surface area contributed by atoms with Crippen LogP contribution in [0.5, 0.6) is 40.2 Å². The molecule has 6 unspecified atom stereocenters. The van der Waals surface area contributed by atoms with Crippen molar-refractivity contribution in [1.82, 2.24) is 0 Å². The Balaban J connectivity index is 1.23. The van der Waals surface area contributed by atoms with E-state index in [4.69, 9.17) is 23.7 Å². The standard InChI is InChI=1S/C69H100N2O9/c1-8-10-12-14-16-18-20-22-24-26-28-30-32-58(68(72)73)70(3)42-40-53-48-63(78-7)65-50-57(53)60(70)44-51-34-37-55(38-35-51)79-64-46-52(36-39-62(64)77-6)45-61-67-54(47-56(76-5)49-66(67)80-65)41-43-71(61,4)59(69(74)75)33-31-29-27-25-23-21-19-17-15-13-11-9-2/h34-39,46-50,58-61H,8-33,40-45H2,1-7H3. The highest BCUT2D eigenvalue weighted by atomic mass is 16.5. The third kappa shape index (κ3) is 16.3. The molecule has 440 valence electrons. The fourth-order valence-electron chi connectivity index (χ4n) is 13.8. The number of aliphatic carboxylic acids is 2. The van der Waals surface area contributed by atoms with Crippen LogP contribution < -0.4 is 33.9 Å². The number of carbonyl (C=O) groups excluding carboxylic acids is 2. The number of carboxylic acid groups (broad SMARTS) is 2. The summed E-state index contributed by atoms with van der Waals surface area (Å²) in [6.45, 7) is 5.72. The summed E-state index contributed by atoms with van der Waals surface area (Å²) in [6, 6.07) is 20.1. The Hall–Kier alpha value is -5.26. The van der Waals surface area contributed by atoms with Gasteiger partial charge in [-0.3, -0.25) is 0 Å².